The molecule has 0 saturated carbocycles. The number of benzene rings is 2. The van der Waals surface area contributed by atoms with Crippen molar-refractivity contribution in [2.45, 2.75) is 13.5 Å². The van der Waals surface area contributed by atoms with Crippen LogP contribution < -0.4 is 0 Å². The fraction of sp³-hybridized carbons (Fsp3) is 0.158. The summed E-state index contributed by atoms with van der Waals surface area (Å²) in [6, 6.07) is 17.5. The third-order valence-corrected chi connectivity index (χ3v) is 4.61. The summed E-state index contributed by atoms with van der Waals surface area (Å²) in [5, 5.41) is 4.08. The third kappa shape index (κ3) is 3.26. The lowest BCUT2D eigenvalue weighted by atomic mass is 10.1. The van der Waals surface area contributed by atoms with Crippen LogP contribution in [0.2, 0.25) is 0 Å². The maximum Gasteiger partial charge on any atom is 0.259 e. The normalized spacial score (nSPS) is 10.6. The van der Waals surface area contributed by atoms with E-state index in [-0.39, 0.29) is 5.91 Å². The number of carbonyl (C=O) groups is 1. The smallest absolute Gasteiger partial charge is 0.259 e. The van der Waals surface area contributed by atoms with Gasteiger partial charge in [0.25, 0.3) is 5.91 Å². The highest BCUT2D eigenvalue weighted by Gasteiger charge is 2.24. The van der Waals surface area contributed by atoms with E-state index in [1.54, 1.807) is 18.9 Å². The highest BCUT2D eigenvalue weighted by Crippen LogP contribution is 2.27. The molecular weight excluding hydrogens is 368 g/mol. The molecule has 1 aromatic heterocycles. The van der Waals surface area contributed by atoms with Gasteiger partial charge in [0.2, 0.25) is 0 Å². The van der Waals surface area contributed by atoms with E-state index in [9.17, 15) is 4.79 Å². The molecule has 0 unspecified atom stereocenters. The predicted molar refractivity (Wildman–Crippen MR) is 96.6 cm³/mol. The molecule has 0 atom stereocenters. The van der Waals surface area contributed by atoms with Crippen LogP contribution in [0.15, 0.2) is 63.6 Å². The number of carbonyl (C=O) groups excluding carboxylic acids is 1. The van der Waals surface area contributed by atoms with E-state index in [1.165, 1.54) is 0 Å². The molecule has 0 spiro atoms. The predicted octanol–water partition coefficient (Wildman–Crippen LogP) is 4.68. The standard InChI is InChI=1S/C19H17BrN2O2/c1-13-17(18(21-24-13)14-8-4-3-5-9-14)19(23)22(2)12-15-10-6-7-11-16(15)20/h3-11H,12H2,1-2H3. The van der Waals surface area contributed by atoms with Crippen LogP contribution in [-0.2, 0) is 6.54 Å². The molecule has 0 radical (unpaired) electrons. The maximum atomic E-state index is 12.9. The second-order valence-electron chi connectivity index (χ2n) is 5.58. The summed E-state index contributed by atoms with van der Waals surface area (Å²) < 4.78 is 6.27. The van der Waals surface area contributed by atoms with Gasteiger partial charge >= 0.3 is 0 Å². The van der Waals surface area contributed by atoms with Gasteiger partial charge in [-0.3, -0.25) is 4.79 Å². The van der Waals surface area contributed by atoms with Gasteiger partial charge in [-0.15, -0.1) is 0 Å². The van der Waals surface area contributed by atoms with Gasteiger partial charge in [-0.1, -0.05) is 69.6 Å². The van der Waals surface area contributed by atoms with Gasteiger partial charge in [-0.2, -0.15) is 0 Å². The van der Waals surface area contributed by atoms with E-state index in [2.05, 4.69) is 21.1 Å². The molecule has 2 aromatic carbocycles. The summed E-state index contributed by atoms with van der Waals surface area (Å²) in [5.41, 5.74) is 3.00. The lowest BCUT2D eigenvalue weighted by molar-refractivity contribution is 0.0783. The molecule has 0 bridgehead atoms. The topological polar surface area (TPSA) is 46.3 Å². The fourth-order valence-corrected chi connectivity index (χ4v) is 2.97. The Bertz CT molecular complexity index is 859. The lowest BCUT2D eigenvalue weighted by Crippen LogP contribution is -2.27. The van der Waals surface area contributed by atoms with E-state index < -0.39 is 0 Å². The number of aromatic nitrogens is 1. The minimum absolute atomic E-state index is 0.108. The highest BCUT2D eigenvalue weighted by atomic mass is 79.9. The minimum atomic E-state index is -0.108. The molecule has 0 aliphatic rings. The monoisotopic (exact) mass is 384 g/mol. The second kappa shape index (κ2) is 7.01. The Morgan fingerprint density at radius 3 is 2.50 bits per heavy atom. The zero-order valence-corrected chi connectivity index (χ0v) is 15.1. The summed E-state index contributed by atoms with van der Waals surface area (Å²) >= 11 is 3.52. The van der Waals surface area contributed by atoms with Gasteiger partial charge in [0.05, 0.1) is 0 Å². The van der Waals surface area contributed by atoms with Crippen LogP contribution in [0.5, 0.6) is 0 Å². The first kappa shape index (κ1) is 16.5. The van der Waals surface area contributed by atoms with Crippen molar-refractivity contribution >= 4 is 21.8 Å². The zero-order valence-electron chi connectivity index (χ0n) is 13.5. The Morgan fingerprint density at radius 1 is 1.12 bits per heavy atom. The van der Waals surface area contributed by atoms with Gasteiger partial charge < -0.3 is 9.42 Å². The average molecular weight is 385 g/mol. The SMILES string of the molecule is Cc1onc(-c2ccccc2)c1C(=O)N(C)Cc1ccccc1Br. The molecule has 0 saturated heterocycles. The van der Waals surface area contributed by atoms with Gasteiger partial charge in [0.15, 0.2) is 0 Å². The van der Waals surface area contributed by atoms with Gasteiger partial charge in [-0.05, 0) is 18.6 Å². The van der Waals surface area contributed by atoms with Crippen LogP contribution in [0, 0.1) is 6.92 Å². The number of halogens is 1. The highest BCUT2D eigenvalue weighted by molar-refractivity contribution is 9.10. The molecule has 0 N–H and O–H groups in total. The van der Waals surface area contributed by atoms with Crippen molar-refractivity contribution in [3.05, 3.63) is 76.0 Å². The van der Waals surface area contributed by atoms with Crippen LogP contribution in [0.3, 0.4) is 0 Å². The summed E-state index contributed by atoms with van der Waals surface area (Å²) in [7, 11) is 1.78. The largest absolute Gasteiger partial charge is 0.360 e. The van der Waals surface area contributed by atoms with E-state index in [0.29, 0.717) is 23.6 Å². The van der Waals surface area contributed by atoms with E-state index >= 15 is 0 Å². The molecule has 4 nitrogen and oxygen atoms in total. The fourth-order valence-electron chi connectivity index (χ4n) is 2.56. The molecule has 0 aliphatic carbocycles. The van der Waals surface area contributed by atoms with Crippen molar-refractivity contribution in [3.63, 3.8) is 0 Å². The van der Waals surface area contributed by atoms with Crippen molar-refractivity contribution in [3.8, 4) is 11.3 Å². The molecular formula is C19H17BrN2O2. The van der Waals surface area contributed by atoms with E-state index in [4.69, 9.17) is 4.52 Å². The molecule has 1 heterocycles. The molecule has 1 amide bonds. The van der Waals surface area contributed by atoms with Crippen molar-refractivity contribution in [1.29, 1.82) is 0 Å². The molecule has 122 valence electrons. The maximum absolute atomic E-state index is 12.9. The van der Waals surface area contributed by atoms with Gasteiger partial charge in [0.1, 0.15) is 17.0 Å². The average Bonchev–Trinajstić information content (AvgIpc) is 2.98. The molecule has 3 rings (SSSR count). The van der Waals surface area contributed by atoms with E-state index in [1.807, 2.05) is 54.6 Å². The van der Waals surface area contributed by atoms with Crippen LogP contribution in [0.1, 0.15) is 21.7 Å². The Hall–Kier alpha value is -2.40. The minimum Gasteiger partial charge on any atom is -0.360 e. The summed E-state index contributed by atoms with van der Waals surface area (Å²) in [6.07, 6.45) is 0. The molecule has 0 aliphatic heterocycles. The molecule has 3 aromatic rings. The van der Waals surface area contributed by atoms with Crippen molar-refractivity contribution < 1.29 is 9.32 Å². The number of aryl methyl sites for hydroxylation is 1. The molecule has 24 heavy (non-hydrogen) atoms. The summed E-state index contributed by atoms with van der Waals surface area (Å²) in [4.78, 5) is 14.6. The first-order chi connectivity index (χ1) is 11.6. The first-order valence-electron chi connectivity index (χ1n) is 7.58. The Labute approximate surface area is 149 Å². The quantitative estimate of drug-likeness (QED) is 0.655. The number of rotatable bonds is 4. The number of hydrogen-bond donors (Lipinski definition) is 0. The van der Waals surface area contributed by atoms with Crippen molar-refractivity contribution in [2.75, 3.05) is 7.05 Å². The third-order valence-electron chi connectivity index (χ3n) is 3.84. The van der Waals surface area contributed by atoms with Crippen LogP contribution in [-0.4, -0.2) is 23.0 Å². The first-order valence-corrected chi connectivity index (χ1v) is 8.38. The Kier molecular flexibility index (Phi) is 4.81. The number of nitrogens with zero attached hydrogens (tertiary/aromatic N) is 2. The summed E-state index contributed by atoms with van der Waals surface area (Å²) in [5.74, 6) is 0.418. The molecule has 5 heteroatoms. The van der Waals surface area contributed by atoms with Crippen LogP contribution >= 0.6 is 15.9 Å². The Morgan fingerprint density at radius 2 is 1.79 bits per heavy atom. The van der Waals surface area contributed by atoms with Crippen LogP contribution in [0.4, 0.5) is 0 Å². The van der Waals surface area contributed by atoms with Gasteiger partial charge in [-0.25, -0.2) is 0 Å². The lowest BCUT2D eigenvalue weighted by Gasteiger charge is -2.18. The number of amides is 1. The summed E-state index contributed by atoms with van der Waals surface area (Å²) in [6.45, 7) is 2.26. The molecule has 0 fully saturated rings. The van der Waals surface area contributed by atoms with Crippen LogP contribution in [0.25, 0.3) is 11.3 Å². The van der Waals surface area contributed by atoms with Gasteiger partial charge in [0, 0.05) is 23.6 Å². The Balaban J connectivity index is 1.90. The number of hydrogen-bond acceptors (Lipinski definition) is 3. The van der Waals surface area contributed by atoms with Crippen molar-refractivity contribution in [1.82, 2.24) is 10.1 Å². The van der Waals surface area contributed by atoms with E-state index in [0.717, 1.165) is 15.6 Å². The zero-order chi connectivity index (χ0) is 17.1. The second-order valence-corrected chi connectivity index (χ2v) is 6.44. The van der Waals surface area contributed by atoms with Crippen molar-refractivity contribution in [2.24, 2.45) is 0 Å².